The number of fused-ring (bicyclic) bond motifs is 3. The van der Waals surface area contributed by atoms with Gasteiger partial charge in [-0.25, -0.2) is 4.98 Å². The second-order valence-electron chi connectivity index (χ2n) is 9.66. The monoisotopic (exact) mass is 521 g/mol. The number of ether oxygens (including phenoxy) is 1. The van der Waals surface area contributed by atoms with Crippen LogP contribution < -0.4 is 4.90 Å². The van der Waals surface area contributed by atoms with Crippen LogP contribution in [0.2, 0.25) is 5.28 Å². The van der Waals surface area contributed by atoms with Crippen LogP contribution in [0.5, 0.6) is 0 Å². The Kier molecular flexibility index (Phi) is 5.46. The van der Waals surface area contributed by atoms with Gasteiger partial charge in [0, 0.05) is 18.5 Å². The molecule has 13 heteroatoms. The van der Waals surface area contributed by atoms with E-state index in [1.807, 2.05) is 0 Å². The highest BCUT2D eigenvalue weighted by Gasteiger charge is 2.49. The number of aliphatic hydroxyl groups is 2. The zero-order valence-electron chi connectivity index (χ0n) is 18.6. The average molecular weight is 522 g/mol. The van der Waals surface area contributed by atoms with Crippen LogP contribution in [0.25, 0.3) is 11.2 Å². The summed E-state index contributed by atoms with van der Waals surface area (Å²) in [5.74, 6) is 0.597. The molecule has 0 saturated carbocycles. The first kappa shape index (κ1) is 23.3. The summed E-state index contributed by atoms with van der Waals surface area (Å²) in [6, 6.07) is 8.53. The van der Waals surface area contributed by atoms with E-state index in [1.165, 1.54) is 22.0 Å². The van der Waals surface area contributed by atoms with E-state index < -0.39 is 38.3 Å². The fourth-order valence-electron chi connectivity index (χ4n) is 5.70. The van der Waals surface area contributed by atoms with Gasteiger partial charge in [0.05, 0.1) is 18.6 Å². The summed E-state index contributed by atoms with van der Waals surface area (Å²) < 4.78 is 18.5. The molecule has 2 aromatic heterocycles. The van der Waals surface area contributed by atoms with Crippen molar-refractivity contribution in [2.75, 3.05) is 24.2 Å². The molecule has 0 amide bonds. The number of rotatable bonds is 5. The van der Waals surface area contributed by atoms with Crippen LogP contribution in [0.3, 0.4) is 0 Å². The molecule has 2 aliphatic heterocycles. The first-order valence-electron chi connectivity index (χ1n) is 11.4. The molecule has 1 aromatic carbocycles. The van der Waals surface area contributed by atoms with Gasteiger partial charge in [0.2, 0.25) is 5.28 Å². The molecule has 3 aromatic rings. The molecule has 2 unspecified atom stereocenters. The number of aliphatic hydroxyl groups excluding tert-OH is 2. The summed E-state index contributed by atoms with van der Waals surface area (Å²) in [5.41, 5.74) is 3.71. The first-order valence-corrected chi connectivity index (χ1v) is 13.6. The molecule has 4 heterocycles. The van der Waals surface area contributed by atoms with E-state index in [-0.39, 0.29) is 17.1 Å². The lowest BCUT2D eigenvalue weighted by atomic mass is 9.75. The zero-order chi connectivity index (χ0) is 24.5. The predicted molar refractivity (Wildman–Crippen MR) is 126 cm³/mol. The van der Waals surface area contributed by atoms with Gasteiger partial charge in [0.25, 0.3) is 0 Å². The van der Waals surface area contributed by atoms with Crippen molar-refractivity contribution < 1.29 is 29.3 Å². The van der Waals surface area contributed by atoms with Crippen LogP contribution in [0, 0.1) is 0 Å². The zero-order valence-corrected chi connectivity index (χ0v) is 20.3. The minimum atomic E-state index is -4.27. The molecule has 1 aliphatic carbocycles. The molecule has 3 aliphatic rings. The van der Waals surface area contributed by atoms with Crippen LogP contribution >= 0.6 is 19.2 Å². The minimum Gasteiger partial charge on any atom is -0.388 e. The van der Waals surface area contributed by atoms with Gasteiger partial charge in [-0.15, -0.1) is 0 Å². The lowest BCUT2D eigenvalue weighted by Crippen LogP contribution is -2.58. The topological polar surface area (TPSA) is 154 Å². The fraction of sp³-hybridized carbons (Fsp3) is 0.500. The van der Waals surface area contributed by atoms with E-state index >= 15 is 0 Å². The third kappa shape index (κ3) is 3.86. The number of aromatic nitrogens is 4. The first-order chi connectivity index (χ1) is 16.7. The maximum absolute atomic E-state index is 11.2. The number of aryl methyl sites for hydroxylation is 1. The highest BCUT2D eigenvalue weighted by Crippen LogP contribution is 2.47. The van der Waals surface area contributed by atoms with E-state index in [4.69, 9.17) is 26.1 Å². The fourth-order valence-corrected chi connectivity index (χ4v) is 6.45. The quantitative estimate of drug-likeness (QED) is 0.286. The number of anilines is 1. The lowest BCUT2D eigenvalue weighted by Gasteiger charge is -2.49. The van der Waals surface area contributed by atoms with E-state index in [9.17, 15) is 14.8 Å². The van der Waals surface area contributed by atoms with E-state index in [0.717, 1.165) is 25.9 Å². The molecule has 6 rings (SSSR count). The molecule has 35 heavy (non-hydrogen) atoms. The molecular formula is C22H25ClN5O6P. The van der Waals surface area contributed by atoms with Crippen molar-refractivity contribution in [3.8, 4) is 0 Å². The number of halogens is 1. The van der Waals surface area contributed by atoms with Gasteiger partial charge < -0.3 is 29.6 Å². The van der Waals surface area contributed by atoms with Gasteiger partial charge in [-0.1, -0.05) is 24.3 Å². The molecule has 186 valence electrons. The van der Waals surface area contributed by atoms with Gasteiger partial charge in [-0.05, 0) is 42.0 Å². The molecule has 4 N–H and O–H groups in total. The second kappa shape index (κ2) is 8.21. The molecule has 2 fully saturated rings. The van der Waals surface area contributed by atoms with Crippen LogP contribution in [-0.2, 0) is 21.1 Å². The predicted octanol–water partition coefficient (Wildman–Crippen LogP) is 1.37. The molecule has 0 radical (unpaired) electrons. The highest BCUT2D eigenvalue weighted by molar-refractivity contribution is 7.51. The Balaban J connectivity index is 1.27. The number of imidazole rings is 1. The Bertz CT molecular complexity index is 1340. The van der Waals surface area contributed by atoms with E-state index in [1.54, 1.807) is 0 Å². The summed E-state index contributed by atoms with van der Waals surface area (Å²) in [6.45, 7) is 1.57. The van der Waals surface area contributed by atoms with Crippen LogP contribution in [-0.4, -0.2) is 77.1 Å². The maximum Gasteiger partial charge on any atom is 0.325 e. The lowest BCUT2D eigenvalue weighted by molar-refractivity contribution is -0.0355. The molecule has 4 atom stereocenters. The summed E-state index contributed by atoms with van der Waals surface area (Å²) in [7, 11) is -4.27. The third-order valence-corrected chi connectivity index (χ3v) is 8.45. The Morgan fingerprint density at radius 3 is 2.71 bits per heavy atom. The van der Waals surface area contributed by atoms with Crippen LogP contribution in [0.4, 0.5) is 5.82 Å². The van der Waals surface area contributed by atoms with Gasteiger partial charge in [0.15, 0.2) is 23.2 Å². The summed E-state index contributed by atoms with van der Waals surface area (Å²) in [6.07, 6.45) is -1.63. The minimum absolute atomic E-state index is 0.0214. The molecular weight excluding hydrogens is 497 g/mol. The summed E-state index contributed by atoms with van der Waals surface area (Å²) >= 11 is 6.28. The van der Waals surface area contributed by atoms with E-state index in [2.05, 4.69) is 44.1 Å². The van der Waals surface area contributed by atoms with Crippen molar-refractivity contribution in [3.05, 3.63) is 47.0 Å². The second-order valence-corrected chi connectivity index (χ2v) is 11.8. The Morgan fingerprint density at radius 1 is 1.17 bits per heavy atom. The van der Waals surface area contributed by atoms with Crippen molar-refractivity contribution in [3.63, 3.8) is 0 Å². The summed E-state index contributed by atoms with van der Waals surface area (Å²) in [5, 5.41) is 21.1. The Morgan fingerprint density at radius 2 is 1.94 bits per heavy atom. The SMILES string of the molecule is O=P(O)(O)CC[C@H]1O[C@@H](n2cnc3c(N4CC5(CCc6ccccc65)C4)nc(Cl)nc32)C(O)C1O. The van der Waals surface area contributed by atoms with Crippen molar-refractivity contribution in [2.45, 2.75) is 49.2 Å². The van der Waals surface area contributed by atoms with Crippen molar-refractivity contribution in [2.24, 2.45) is 0 Å². The Labute approximate surface area is 205 Å². The van der Waals surface area contributed by atoms with E-state index in [0.29, 0.717) is 17.0 Å². The number of hydrogen-bond acceptors (Lipinski definition) is 8. The van der Waals surface area contributed by atoms with Crippen molar-refractivity contribution in [1.82, 2.24) is 19.5 Å². The smallest absolute Gasteiger partial charge is 0.325 e. The maximum atomic E-state index is 11.2. The molecule has 11 nitrogen and oxygen atoms in total. The Hall–Kier alpha value is -2.11. The van der Waals surface area contributed by atoms with Gasteiger partial charge in [-0.2, -0.15) is 9.97 Å². The molecule has 1 spiro atoms. The average Bonchev–Trinajstić information content (AvgIpc) is 3.45. The van der Waals surface area contributed by atoms with Crippen molar-refractivity contribution >= 4 is 36.2 Å². The number of hydrogen-bond donors (Lipinski definition) is 4. The molecule has 2 saturated heterocycles. The van der Waals surface area contributed by atoms with Crippen LogP contribution in [0.1, 0.15) is 30.2 Å². The third-order valence-electron chi connectivity index (χ3n) is 7.44. The number of benzene rings is 1. The normalized spacial score (nSPS) is 27.5. The van der Waals surface area contributed by atoms with Crippen molar-refractivity contribution in [1.29, 1.82) is 0 Å². The highest BCUT2D eigenvalue weighted by atomic mass is 35.5. The summed E-state index contributed by atoms with van der Waals surface area (Å²) in [4.78, 5) is 33.7. The standard InChI is InChI=1S/C22H25ClN5O6P/c23-21-25-18(27-9-22(10-27)7-5-12-3-1-2-4-13(12)22)15-19(26-21)28(11-24-15)20-17(30)16(29)14(34-20)6-8-35(31,32)33/h1-4,11,14,16-17,20,29-30H,5-10H2,(H2,31,32,33)/t14-,16?,17?,20-/m1/s1. The largest absolute Gasteiger partial charge is 0.388 e. The number of nitrogens with zero attached hydrogens (tertiary/aromatic N) is 5. The van der Waals surface area contributed by atoms with Crippen LogP contribution in [0.15, 0.2) is 30.6 Å². The van der Waals surface area contributed by atoms with Gasteiger partial charge >= 0.3 is 7.60 Å². The molecule has 0 bridgehead atoms. The van der Waals surface area contributed by atoms with Gasteiger partial charge in [-0.3, -0.25) is 9.13 Å². The van der Waals surface area contributed by atoms with Gasteiger partial charge in [0.1, 0.15) is 12.2 Å².